The first-order valence-electron chi connectivity index (χ1n) is 6.80. The van der Waals surface area contributed by atoms with Gasteiger partial charge < -0.3 is 10.2 Å². The molecule has 1 saturated heterocycles. The van der Waals surface area contributed by atoms with Crippen LogP contribution >= 0.6 is 0 Å². The van der Waals surface area contributed by atoms with Gasteiger partial charge in [-0.05, 0) is 57.5 Å². The lowest BCUT2D eigenvalue weighted by molar-refractivity contribution is 0.183. The van der Waals surface area contributed by atoms with Crippen molar-refractivity contribution in [2.24, 2.45) is 5.92 Å². The maximum Gasteiger partial charge on any atom is 0.214 e. The fourth-order valence-corrected chi connectivity index (χ4v) is 2.61. The number of pyridine rings is 1. The predicted molar refractivity (Wildman–Crippen MR) is 72.1 cm³/mol. The fraction of sp³-hybridized carbons (Fsp3) is 0.643. The summed E-state index contributed by atoms with van der Waals surface area (Å²) in [4.78, 5) is 6.33. The standard InChI is InChI=1S/C14H22FN3/c1-3-18-9-7-12(8-10-18)11(2)16-14-6-4-5-13(15)17-14/h4-6,11-12H,3,7-10H2,1-2H3,(H,16,17). The SMILES string of the molecule is CCN1CCC(C(C)Nc2cccc(F)n2)CC1. The van der Waals surface area contributed by atoms with Gasteiger partial charge in [0.15, 0.2) is 0 Å². The number of nitrogens with one attached hydrogen (secondary N) is 1. The molecule has 1 fully saturated rings. The van der Waals surface area contributed by atoms with E-state index in [9.17, 15) is 4.39 Å². The van der Waals surface area contributed by atoms with Crippen molar-refractivity contribution in [2.75, 3.05) is 25.0 Å². The van der Waals surface area contributed by atoms with Crippen LogP contribution in [0.5, 0.6) is 0 Å². The Hall–Kier alpha value is -1.16. The van der Waals surface area contributed by atoms with Crippen LogP contribution in [-0.2, 0) is 0 Å². The van der Waals surface area contributed by atoms with Crippen LogP contribution < -0.4 is 5.32 Å². The summed E-state index contributed by atoms with van der Waals surface area (Å²) >= 11 is 0. The maximum atomic E-state index is 13.0. The van der Waals surface area contributed by atoms with Gasteiger partial charge in [-0.25, -0.2) is 4.98 Å². The molecule has 1 aliphatic rings. The fourth-order valence-electron chi connectivity index (χ4n) is 2.61. The van der Waals surface area contributed by atoms with Crippen LogP contribution in [0.1, 0.15) is 26.7 Å². The molecule has 1 aromatic rings. The molecule has 0 saturated carbocycles. The van der Waals surface area contributed by atoms with E-state index in [2.05, 4.69) is 29.0 Å². The second-order valence-corrected chi connectivity index (χ2v) is 5.05. The lowest BCUT2D eigenvalue weighted by atomic mass is 9.90. The van der Waals surface area contributed by atoms with E-state index in [4.69, 9.17) is 0 Å². The molecule has 3 nitrogen and oxygen atoms in total. The van der Waals surface area contributed by atoms with Crippen molar-refractivity contribution in [3.63, 3.8) is 0 Å². The van der Waals surface area contributed by atoms with E-state index in [0.717, 1.165) is 6.54 Å². The quantitative estimate of drug-likeness (QED) is 0.834. The second kappa shape index (κ2) is 6.14. The molecule has 1 aromatic heterocycles. The lowest BCUT2D eigenvalue weighted by Crippen LogP contribution is -2.39. The van der Waals surface area contributed by atoms with Crippen molar-refractivity contribution in [3.8, 4) is 0 Å². The van der Waals surface area contributed by atoms with Gasteiger partial charge in [-0.2, -0.15) is 4.39 Å². The van der Waals surface area contributed by atoms with Gasteiger partial charge in [0, 0.05) is 6.04 Å². The van der Waals surface area contributed by atoms with Gasteiger partial charge >= 0.3 is 0 Å². The lowest BCUT2D eigenvalue weighted by Gasteiger charge is -2.34. The monoisotopic (exact) mass is 251 g/mol. The number of nitrogens with zero attached hydrogens (tertiary/aromatic N) is 2. The van der Waals surface area contributed by atoms with Crippen LogP contribution in [0.4, 0.5) is 10.2 Å². The van der Waals surface area contributed by atoms with Crippen LogP contribution in [0.3, 0.4) is 0 Å². The molecule has 2 rings (SSSR count). The van der Waals surface area contributed by atoms with Gasteiger partial charge in [-0.1, -0.05) is 13.0 Å². The highest BCUT2D eigenvalue weighted by Crippen LogP contribution is 2.22. The average Bonchev–Trinajstić information content (AvgIpc) is 2.39. The number of hydrogen-bond donors (Lipinski definition) is 1. The van der Waals surface area contributed by atoms with Gasteiger partial charge in [0.1, 0.15) is 5.82 Å². The van der Waals surface area contributed by atoms with E-state index in [1.807, 2.05) is 6.07 Å². The maximum absolute atomic E-state index is 13.0. The number of aromatic nitrogens is 1. The topological polar surface area (TPSA) is 28.2 Å². The highest BCUT2D eigenvalue weighted by molar-refractivity contribution is 5.34. The Kier molecular flexibility index (Phi) is 4.53. The van der Waals surface area contributed by atoms with Crippen molar-refractivity contribution in [1.29, 1.82) is 0 Å². The van der Waals surface area contributed by atoms with E-state index in [1.165, 1.54) is 32.0 Å². The normalized spacial score (nSPS) is 19.7. The van der Waals surface area contributed by atoms with Crippen LogP contribution in [0.2, 0.25) is 0 Å². The highest BCUT2D eigenvalue weighted by atomic mass is 19.1. The number of halogens is 1. The number of anilines is 1. The number of piperidine rings is 1. The summed E-state index contributed by atoms with van der Waals surface area (Å²) in [6.07, 6.45) is 2.41. The summed E-state index contributed by atoms with van der Waals surface area (Å²) in [5.74, 6) is 0.867. The predicted octanol–water partition coefficient (Wildman–Crippen LogP) is 2.75. The van der Waals surface area contributed by atoms with Crippen molar-refractivity contribution in [2.45, 2.75) is 32.7 Å². The van der Waals surface area contributed by atoms with Gasteiger partial charge in [0.2, 0.25) is 5.95 Å². The third kappa shape index (κ3) is 3.42. The van der Waals surface area contributed by atoms with E-state index < -0.39 is 5.95 Å². The molecule has 0 bridgehead atoms. The van der Waals surface area contributed by atoms with Gasteiger partial charge in [-0.3, -0.25) is 0 Å². The summed E-state index contributed by atoms with van der Waals surface area (Å²) in [5.41, 5.74) is 0. The Labute approximate surface area is 108 Å². The Balaban J connectivity index is 1.87. The first-order valence-corrected chi connectivity index (χ1v) is 6.80. The molecule has 100 valence electrons. The smallest absolute Gasteiger partial charge is 0.214 e. The van der Waals surface area contributed by atoms with E-state index in [0.29, 0.717) is 17.8 Å². The molecule has 4 heteroatoms. The zero-order valence-electron chi connectivity index (χ0n) is 11.2. The van der Waals surface area contributed by atoms with Crippen molar-refractivity contribution in [1.82, 2.24) is 9.88 Å². The summed E-state index contributed by atoms with van der Waals surface area (Å²) < 4.78 is 13.0. The molecule has 0 aromatic carbocycles. The number of hydrogen-bond acceptors (Lipinski definition) is 3. The van der Waals surface area contributed by atoms with Gasteiger partial charge in [-0.15, -0.1) is 0 Å². The first-order chi connectivity index (χ1) is 8.69. The van der Waals surface area contributed by atoms with Crippen LogP contribution in [-0.4, -0.2) is 35.6 Å². The molecule has 0 spiro atoms. The van der Waals surface area contributed by atoms with Crippen molar-refractivity contribution < 1.29 is 4.39 Å². The van der Waals surface area contributed by atoms with Gasteiger partial charge in [0.05, 0.1) is 0 Å². The minimum absolute atomic E-state index is 0.346. The summed E-state index contributed by atoms with van der Waals surface area (Å²) in [5, 5.41) is 3.32. The summed E-state index contributed by atoms with van der Waals surface area (Å²) in [7, 11) is 0. The Morgan fingerprint density at radius 1 is 1.44 bits per heavy atom. The van der Waals surface area contributed by atoms with Crippen LogP contribution in [0, 0.1) is 11.9 Å². The average molecular weight is 251 g/mol. The molecule has 1 unspecified atom stereocenters. The molecule has 1 atom stereocenters. The second-order valence-electron chi connectivity index (χ2n) is 5.05. The zero-order chi connectivity index (χ0) is 13.0. The molecule has 0 aliphatic carbocycles. The summed E-state index contributed by atoms with van der Waals surface area (Å²) in [6.45, 7) is 7.85. The first kappa shape index (κ1) is 13.3. The van der Waals surface area contributed by atoms with E-state index in [1.54, 1.807) is 6.07 Å². The third-order valence-electron chi connectivity index (χ3n) is 3.88. The molecule has 0 amide bonds. The minimum Gasteiger partial charge on any atom is -0.367 e. The Morgan fingerprint density at radius 3 is 2.78 bits per heavy atom. The molecular weight excluding hydrogens is 229 g/mol. The number of likely N-dealkylation sites (tertiary alicyclic amines) is 1. The molecule has 18 heavy (non-hydrogen) atoms. The van der Waals surface area contributed by atoms with Crippen LogP contribution in [0.25, 0.3) is 0 Å². The van der Waals surface area contributed by atoms with Crippen molar-refractivity contribution in [3.05, 3.63) is 24.1 Å². The Morgan fingerprint density at radius 2 is 2.17 bits per heavy atom. The minimum atomic E-state index is -0.423. The molecule has 2 heterocycles. The van der Waals surface area contributed by atoms with Gasteiger partial charge in [0.25, 0.3) is 0 Å². The van der Waals surface area contributed by atoms with E-state index in [-0.39, 0.29) is 0 Å². The summed E-state index contributed by atoms with van der Waals surface area (Å²) in [6, 6.07) is 5.23. The molecule has 1 N–H and O–H groups in total. The van der Waals surface area contributed by atoms with Crippen LogP contribution in [0.15, 0.2) is 18.2 Å². The Bertz CT molecular complexity index is 375. The molecule has 1 aliphatic heterocycles. The largest absolute Gasteiger partial charge is 0.367 e. The highest BCUT2D eigenvalue weighted by Gasteiger charge is 2.23. The third-order valence-corrected chi connectivity index (χ3v) is 3.88. The molecular formula is C14H22FN3. The number of rotatable bonds is 4. The van der Waals surface area contributed by atoms with E-state index >= 15 is 0 Å². The zero-order valence-corrected chi connectivity index (χ0v) is 11.2. The molecule has 0 radical (unpaired) electrons. The van der Waals surface area contributed by atoms with Crippen molar-refractivity contribution >= 4 is 5.82 Å².